The predicted octanol–water partition coefficient (Wildman–Crippen LogP) is 13.4. The summed E-state index contributed by atoms with van der Waals surface area (Å²) in [5.74, 6) is 1.40. The average Bonchev–Trinajstić information content (AvgIpc) is 3.63. The summed E-state index contributed by atoms with van der Waals surface area (Å²) in [5, 5.41) is 19.4. The lowest BCUT2D eigenvalue weighted by atomic mass is 9.70. The second kappa shape index (κ2) is 10.8. The van der Waals surface area contributed by atoms with E-state index in [4.69, 9.17) is 9.31 Å². The minimum Gasteiger partial charge on any atom is -0.399 e. The molecule has 0 aromatic heterocycles. The van der Waals surface area contributed by atoms with Crippen LogP contribution in [0.4, 0.5) is 0 Å². The molecule has 0 aliphatic carbocycles. The molecule has 1 aliphatic heterocycles. The first-order chi connectivity index (χ1) is 24.1. The van der Waals surface area contributed by atoms with Gasteiger partial charge in [0.2, 0.25) is 0 Å². The minimum atomic E-state index is -0.423. The first-order valence-electron chi connectivity index (χ1n) is 19.3. The summed E-state index contributed by atoms with van der Waals surface area (Å²) < 4.78 is 13.7. The molecule has 0 atom stereocenters. The Morgan fingerprint density at radius 3 is 1.45 bits per heavy atom. The zero-order chi connectivity index (χ0) is 36.0. The van der Waals surface area contributed by atoms with Crippen LogP contribution in [0.2, 0.25) is 0 Å². The molecule has 1 fully saturated rings. The van der Waals surface area contributed by atoms with E-state index in [2.05, 4.69) is 150 Å². The number of hydrogen-bond acceptors (Lipinski definition) is 2. The molecule has 0 N–H and O–H groups in total. The van der Waals surface area contributed by atoms with Crippen LogP contribution in [0.25, 0.3) is 75.4 Å². The summed E-state index contributed by atoms with van der Waals surface area (Å²) >= 11 is 0. The summed E-state index contributed by atoms with van der Waals surface area (Å²) in [7, 11) is -0.423. The smallest absolute Gasteiger partial charge is 0.399 e. The van der Waals surface area contributed by atoms with Crippen LogP contribution in [0.5, 0.6) is 0 Å². The molecule has 0 bridgehead atoms. The standard InChI is InChI=1S/C48H51BO2/c1-24(2)29-19-20-32-43-35(21-33(25(3)4)46(32)49-50-47(9,10)48(11,12)51-49)34-22-37-38(23-36(34)42(29)43)40(27(7)8)45-31-18-14-16-28-15-13-17-30(41(28)31)44(45)39(37)26(5)6/h13-27H,1-12H3. The van der Waals surface area contributed by atoms with E-state index < -0.39 is 18.3 Å². The van der Waals surface area contributed by atoms with Crippen molar-refractivity contribution in [1.82, 2.24) is 0 Å². The van der Waals surface area contributed by atoms with Crippen molar-refractivity contribution in [3.8, 4) is 0 Å². The largest absolute Gasteiger partial charge is 0.495 e. The van der Waals surface area contributed by atoms with Crippen LogP contribution in [0, 0.1) is 0 Å². The van der Waals surface area contributed by atoms with Crippen molar-refractivity contribution >= 4 is 88.0 Å². The lowest BCUT2D eigenvalue weighted by Crippen LogP contribution is -2.41. The summed E-state index contributed by atoms with van der Waals surface area (Å²) in [4.78, 5) is 0. The Hall–Kier alpha value is -3.92. The molecule has 1 heterocycles. The van der Waals surface area contributed by atoms with Crippen molar-refractivity contribution in [2.75, 3.05) is 0 Å². The summed E-state index contributed by atoms with van der Waals surface area (Å²) in [6, 6.07) is 26.2. The Bertz CT molecular complexity index is 2690. The van der Waals surface area contributed by atoms with E-state index in [1.54, 1.807) is 0 Å². The maximum Gasteiger partial charge on any atom is 0.495 e. The lowest BCUT2D eigenvalue weighted by molar-refractivity contribution is 0.00578. The SMILES string of the molecule is CC(C)c1cc2c3cc4c(C(C)C)c5c6cccc7cccc(c5c(C(C)C)c4cc3c3c(C(C)C)ccc(c1B1OC(C)(C)C(C)(C)O1)c23)c76. The minimum absolute atomic E-state index is 0.304. The third kappa shape index (κ3) is 4.31. The van der Waals surface area contributed by atoms with Gasteiger partial charge in [0.05, 0.1) is 11.2 Å². The van der Waals surface area contributed by atoms with Gasteiger partial charge in [0.25, 0.3) is 0 Å². The fraction of sp³-hybridized carbons (Fsp3) is 0.375. The van der Waals surface area contributed by atoms with Gasteiger partial charge in [0, 0.05) is 0 Å². The second-order valence-electron chi connectivity index (χ2n) is 17.8. The van der Waals surface area contributed by atoms with Crippen molar-refractivity contribution in [1.29, 1.82) is 0 Å². The molecule has 8 aromatic carbocycles. The molecule has 258 valence electrons. The van der Waals surface area contributed by atoms with Crippen LogP contribution in [0.1, 0.15) is 129 Å². The normalized spacial score (nSPS) is 16.7. The van der Waals surface area contributed by atoms with Gasteiger partial charge in [-0.2, -0.15) is 0 Å². The molecule has 0 saturated carbocycles. The maximum absolute atomic E-state index is 6.83. The van der Waals surface area contributed by atoms with Gasteiger partial charge in [-0.3, -0.25) is 0 Å². The summed E-state index contributed by atoms with van der Waals surface area (Å²) in [6.45, 7) is 27.5. The van der Waals surface area contributed by atoms with Gasteiger partial charge in [-0.05, 0) is 167 Å². The zero-order valence-corrected chi connectivity index (χ0v) is 32.6. The molecule has 1 aliphatic rings. The van der Waals surface area contributed by atoms with E-state index in [9.17, 15) is 0 Å². The number of benzene rings is 6. The average molecular weight is 671 g/mol. The van der Waals surface area contributed by atoms with Crippen LogP contribution >= 0.6 is 0 Å². The molecule has 3 heteroatoms. The summed E-state index contributed by atoms with van der Waals surface area (Å²) in [5.41, 5.74) is 6.05. The van der Waals surface area contributed by atoms with E-state index in [0.29, 0.717) is 23.7 Å². The topological polar surface area (TPSA) is 18.5 Å². The van der Waals surface area contributed by atoms with Gasteiger partial charge in [0.1, 0.15) is 0 Å². The molecular formula is C48H51BO2. The van der Waals surface area contributed by atoms with Crippen LogP contribution in [0.3, 0.4) is 0 Å². The zero-order valence-electron chi connectivity index (χ0n) is 32.6. The van der Waals surface area contributed by atoms with E-state index in [1.165, 1.54) is 103 Å². The maximum atomic E-state index is 6.83. The van der Waals surface area contributed by atoms with Crippen LogP contribution < -0.4 is 5.46 Å². The number of fused-ring (bicyclic) bond motifs is 7. The Morgan fingerprint density at radius 1 is 0.431 bits per heavy atom. The molecular weight excluding hydrogens is 619 g/mol. The number of hydrogen-bond donors (Lipinski definition) is 0. The Morgan fingerprint density at radius 2 is 0.941 bits per heavy atom. The number of rotatable bonds is 5. The summed E-state index contributed by atoms with van der Waals surface area (Å²) in [6.07, 6.45) is 0. The molecule has 8 aromatic rings. The highest BCUT2D eigenvalue weighted by Crippen LogP contribution is 2.52. The van der Waals surface area contributed by atoms with Crippen molar-refractivity contribution < 1.29 is 9.31 Å². The molecule has 0 spiro atoms. The predicted molar refractivity (Wildman–Crippen MR) is 223 cm³/mol. The fourth-order valence-corrected chi connectivity index (χ4v) is 9.80. The molecule has 9 rings (SSSR count). The van der Waals surface area contributed by atoms with Gasteiger partial charge in [-0.25, -0.2) is 0 Å². The highest BCUT2D eigenvalue weighted by molar-refractivity contribution is 6.66. The third-order valence-corrected chi connectivity index (χ3v) is 12.8. The Labute approximate surface area is 303 Å². The van der Waals surface area contributed by atoms with Gasteiger partial charge >= 0.3 is 7.12 Å². The van der Waals surface area contributed by atoms with Gasteiger partial charge in [-0.1, -0.05) is 110 Å². The van der Waals surface area contributed by atoms with Crippen molar-refractivity contribution in [2.45, 2.75) is 118 Å². The van der Waals surface area contributed by atoms with Crippen molar-refractivity contribution in [2.24, 2.45) is 0 Å². The van der Waals surface area contributed by atoms with E-state index in [0.717, 1.165) is 0 Å². The Kier molecular flexibility index (Phi) is 6.99. The van der Waals surface area contributed by atoms with Crippen molar-refractivity contribution in [3.05, 3.63) is 89.0 Å². The first-order valence-corrected chi connectivity index (χ1v) is 19.3. The van der Waals surface area contributed by atoms with Crippen molar-refractivity contribution in [3.63, 3.8) is 0 Å². The highest BCUT2D eigenvalue weighted by atomic mass is 16.7. The highest BCUT2D eigenvalue weighted by Gasteiger charge is 2.53. The van der Waals surface area contributed by atoms with Crippen LogP contribution in [-0.2, 0) is 9.31 Å². The fourth-order valence-electron chi connectivity index (χ4n) is 9.80. The van der Waals surface area contributed by atoms with Gasteiger partial charge < -0.3 is 9.31 Å². The van der Waals surface area contributed by atoms with Crippen LogP contribution in [0.15, 0.2) is 66.7 Å². The molecule has 0 radical (unpaired) electrons. The molecule has 0 unspecified atom stereocenters. The quantitative estimate of drug-likeness (QED) is 0.170. The molecule has 51 heavy (non-hydrogen) atoms. The van der Waals surface area contributed by atoms with E-state index in [1.807, 2.05) is 0 Å². The monoisotopic (exact) mass is 670 g/mol. The Balaban J connectivity index is 1.51. The van der Waals surface area contributed by atoms with Crippen LogP contribution in [-0.4, -0.2) is 18.3 Å². The molecule has 1 saturated heterocycles. The second-order valence-corrected chi connectivity index (χ2v) is 17.8. The van der Waals surface area contributed by atoms with E-state index >= 15 is 0 Å². The molecule has 0 amide bonds. The first kappa shape index (κ1) is 33.0. The lowest BCUT2D eigenvalue weighted by Gasteiger charge is -2.32. The third-order valence-electron chi connectivity index (χ3n) is 12.8. The van der Waals surface area contributed by atoms with E-state index in [-0.39, 0.29) is 0 Å². The van der Waals surface area contributed by atoms with Gasteiger partial charge in [0.15, 0.2) is 0 Å². The van der Waals surface area contributed by atoms with Gasteiger partial charge in [-0.15, -0.1) is 0 Å². The molecule has 2 nitrogen and oxygen atoms in total.